The third-order valence-corrected chi connectivity index (χ3v) is 3.70. The molecule has 0 saturated carbocycles. The maximum atomic E-state index is 12.5. The van der Waals surface area contributed by atoms with E-state index in [0.717, 1.165) is 5.56 Å². The fraction of sp³-hybridized carbons (Fsp3) is 0.267. The molecule has 0 aliphatic carbocycles. The molecule has 1 aliphatic rings. The lowest BCUT2D eigenvalue weighted by molar-refractivity contribution is -0.143. The Morgan fingerprint density at radius 3 is 2.76 bits per heavy atom. The van der Waals surface area contributed by atoms with E-state index in [4.69, 9.17) is 0 Å². The maximum Gasteiger partial charge on any atom is 0.331 e. The number of aryl methyl sites for hydroxylation is 1. The molecule has 6 heteroatoms. The number of rotatable bonds is 2. The number of aliphatic carboxylic acids is 1. The van der Waals surface area contributed by atoms with Crippen molar-refractivity contribution in [2.45, 2.75) is 12.5 Å². The Morgan fingerprint density at radius 1 is 1.33 bits per heavy atom. The van der Waals surface area contributed by atoms with Gasteiger partial charge in [-0.1, -0.05) is 24.3 Å². The highest BCUT2D eigenvalue weighted by atomic mass is 16.4. The zero-order valence-corrected chi connectivity index (χ0v) is 11.6. The summed E-state index contributed by atoms with van der Waals surface area (Å²) in [4.78, 5) is 29.6. The summed E-state index contributed by atoms with van der Waals surface area (Å²) in [5, 5.41) is 9.54. The van der Waals surface area contributed by atoms with Crippen LogP contribution in [0.1, 0.15) is 27.7 Å². The molecule has 21 heavy (non-hydrogen) atoms. The zero-order chi connectivity index (χ0) is 15.0. The lowest BCUT2D eigenvalue weighted by Gasteiger charge is -2.34. The van der Waals surface area contributed by atoms with Crippen molar-refractivity contribution in [3.8, 4) is 0 Å². The summed E-state index contributed by atoms with van der Waals surface area (Å²) in [5.74, 6) is -1.37. The molecule has 0 fully saturated rings. The molecule has 1 aromatic carbocycles. The summed E-state index contributed by atoms with van der Waals surface area (Å²) in [6.07, 6.45) is 3.78. The van der Waals surface area contributed by atoms with Crippen molar-refractivity contribution < 1.29 is 14.7 Å². The molecular formula is C15H15N3O3. The summed E-state index contributed by atoms with van der Waals surface area (Å²) in [5.41, 5.74) is 1.93. The molecule has 0 bridgehead atoms. The van der Waals surface area contributed by atoms with Gasteiger partial charge in [0.25, 0.3) is 5.91 Å². The van der Waals surface area contributed by atoms with E-state index in [9.17, 15) is 14.7 Å². The number of benzene rings is 1. The van der Waals surface area contributed by atoms with Gasteiger partial charge in [0.05, 0.1) is 6.33 Å². The average Bonchev–Trinajstić information content (AvgIpc) is 2.91. The molecule has 1 atom stereocenters. The topological polar surface area (TPSA) is 75.4 Å². The Balaban J connectivity index is 1.99. The minimum absolute atomic E-state index is 0.267. The standard InChI is InChI=1S/C15H15N3O3/c1-17-8-12(16-9-17)14(19)18-7-6-10-4-2-3-5-11(10)13(18)15(20)21/h2-5,8-9,13H,6-7H2,1H3,(H,20,21). The lowest BCUT2D eigenvalue weighted by Crippen LogP contribution is -2.43. The molecule has 3 rings (SSSR count). The number of nitrogens with zero attached hydrogens (tertiary/aromatic N) is 3. The van der Waals surface area contributed by atoms with Gasteiger partial charge < -0.3 is 14.6 Å². The van der Waals surface area contributed by atoms with Crippen LogP contribution in [0.2, 0.25) is 0 Å². The van der Waals surface area contributed by atoms with E-state index < -0.39 is 12.0 Å². The molecule has 2 aromatic rings. The second-order valence-corrected chi connectivity index (χ2v) is 5.11. The molecule has 1 unspecified atom stereocenters. The van der Waals surface area contributed by atoms with Gasteiger partial charge in [0.15, 0.2) is 6.04 Å². The van der Waals surface area contributed by atoms with Crippen LogP contribution in [-0.4, -0.2) is 38.0 Å². The summed E-state index contributed by atoms with van der Waals surface area (Å²) in [6.45, 7) is 0.378. The first-order chi connectivity index (χ1) is 10.1. The van der Waals surface area contributed by atoms with Gasteiger partial charge in [0.2, 0.25) is 0 Å². The molecule has 2 heterocycles. The zero-order valence-electron chi connectivity index (χ0n) is 11.6. The summed E-state index contributed by atoms with van der Waals surface area (Å²) in [7, 11) is 1.77. The minimum Gasteiger partial charge on any atom is -0.479 e. The molecule has 1 aromatic heterocycles. The highest BCUT2D eigenvalue weighted by Gasteiger charge is 2.36. The van der Waals surface area contributed by atoms with Gasteiger partial charge in [-0.2, -0.15) is 0 Å². The van der Waals surface area contributed by atoms with Gasteiger partial charge in [-0.25, -0.2) is 9.78 Å². The Bertz CT molecular complexity index is 708. The van der Waals surface area contributed by atoms with Crippen molar-refractivity contribution in [1.29, 1.82) is 0 Å². The number of aromatic nitrogens is 2. The smallest absolute Gasteiger partial charge is 0.331 e. The van der Waals surface area contributed by atoms with Crippen molar-refractivity contribution in [3.05, 3.63) is 53.6 Å². The summed E-state index contributed by atoms with van der Waals surface area (Å²) >= 11 is 0. The van der Waals surface area contributed by atoms with E-state index in [-0.39, 0.29) is 11.6 Å². The molecule has 1 aliphatic heterocycles. The number of hydrogen-bond donors (Lipinski definition) is 1. The second kappa shape index (κ2) is 5.05. The highest BCUT2D eigenvalue weighted by Crippen LogP contribution is 2.30. The van der Waals surface area contributed by atoms with Crippen LogP contribution in [0.5, 0.6) is 0 Å². The number of carboxylic acid groups (broad SMARTS) is 1. The van der Waals surface area contributed by atoms with Gasteiger partial charge in [-0.3, -0.25) is 4.79 Å². The van der Waals surface area contributed by atoms with Crippen molar-refractivity contribution in [1.82, 2.24) is 14.5 Å². The van der Waals surface area contributed by atoms with E-state index in [1.807, 2.05) is 12.1 Å². The second-order valence-electron chi connectivity index (χ2n) is 5.11. The third kappa shape index (κ3) is 2.29. The van der Waals surface area contributed by atoms with Crippen LogP contribution in [0.25, 0.3) is 0 Å². The molecule has 0 spiro atoms. The van der Waals surface area contributed by atoms with E-state index in [1.54, 1.807) is 29.9 Å². The van der Waals surface area contributed by atoms with Crippen molar-refractivity contribution in [2.24, 2.45) is 7.05 Å². The van der Waals surface area contributed by atoms with Gasteiger partial charge in [0, 0.05) is 19.8 Å². The van der Waals surface area contributed by atoms with E-state index in [1.165, 1.54) is 11.2 Å². The SMILES string of the molecule is Cn1cnc(C(=O)N2CCc3ccccc3C2C(=O)O)c1. The number of amides is 1. The number of carbonyl (C=O) groups excluding carboxylic acids is 1. The predicted molar refractivity (Wildman–Crippen MR) is 74.8 cm³/mol. The fourth-order valence-corrected chi connectivity index (χ4v) is 2.72. The maximum absolute atomic E-state index is 12.5. The normalized spacial score (nSPS) is 17.4. The third-order valence-electron chi connectivity index (χ3n) is 3.70. The fourth-order valence-electron chi connectivity index (χ4n) is 2.72. The largest absolute Gasteiger partial charge is 0.479 e. The summed E-state index contributed by atoms with van der Waals surface area (Å²) in [6, 6.07) is 6.40. The number of fused-ring (bicyclic) bond motifs is 1. The van der Waals surface area contributed by atoms with Gasteiger partial charge >= 0.3 is 5.97 Å². The molecule has 1 amide bonds. The van der Waals surface area contributed by atoms with E-state index in [0.29, 0.717) is 18.5 Å². The summed E-state index contributed by atoms with van der Waals surface area (Å²) < 4.78 is 1.67. The van der Waals surface area contributed by atoms with Crippen molar-refractivity contribution in [3.63, 3.8) is 0 Å². The number of hydrogen-bond acceptors (Lipinski definition) is 3. The molecule has 1 N–H and O–H groups in total. The van der Waals surface area contributed by atoms with E-state index in [2.05, 4.69) is 4.98 Å². The minimum atomic E-state index is -1.02. The van der Waals surface area contributed by atoms with Crippen LogP contribution in [-0.2, 0) is 18.3 Å². The van der Waals surface area contributed by atoms with E-state index >= 15 is 0 Å². The molecule has 0 saturated heterocycles. The van der Waals surface area contributed by atoms with Crippen LogP contribution in [0.4, 0.5) is 0 Å². The van der Waals surface area contributed by atoms with Crippen molar-refractivity contribution >= 4 is 11.9 Å². The first kappa shape index (κ1) is 13.4. The molecule has 108 valence electrons. The Hall–Kier alpha value is -2.63. The monoisotopic (exact) mass is 285 g/mol. The predicted octanol–water partition coefficient (Wildman–Crippen LogP) is 1.24. The van der Waals surface area contributed by atoms with Gasteiger partial charge in [-0.05, 0) is 17.5 Å². The molecule has 6 nitrogen and oxygen atoms in total. The van der Waals surface area contributed by atoms with Crippen LogP contribution in [0.3, 0.4) is 0 Å². The van der Waals surface area contributed by atoms with Crippen LogP contribution in [0, 0.1) is 0 Å². The number of carboxylic acids is 1. The van der Waals surface area contributed by atoms with Gasteiger partial charge in [-0.15, -0.1) is 0 Å². The highest BCUT2D eigenvalue weighted by molar-refractivity contribution is 5.95. The first-order valence-electron chi connectivity index (χ1n) is 6.67. The van der Waals surface area contributed by atoms with Gasteiger partial charge in [0.1, 0.15) is 5.69 Å². The quantitative estimate of drug-likeness (QED) is 0.901. The van der Waals surface area contributed by atoms with Crippen LogP contribution >= 0.6 is 0 Å². The molecular weight excluding hydrogens is 270 g/mol. The average molecular weight is 285 g/mol. The Kier molecular flexibility index (Phi) is 3.21. The lowest BCUT2D eigenvalue weighted by atomic mass is 9.92. The number of imidazole rings is 1. The van der Waals surface area contributed by atoms with Crippen LogP contribution < -0.4 is 0 Å². The first-order valence-corrected chi connectivity index (χ1v) is 6.67. The van der Waals surface area contributed by atoms with Crippen LogP contribution in [0.15, 0.2) is 36.8 Å². The Labute approximate surface area is 121 Å². The van der Waals surface area contributed by atoms with Crippen molar-refractivity contribution in [2.75, 3.05) is 6.54 Å². The number of carbonyl (C=O) groups is 2. The Morgan fingerprint density at radius 2 is 2.10 bits per heavy atom. The molecule has 0 radical (unpaired) electrons.